The van der Waals surface area contributed by atoms with Crippen molar-refractivity contribution in [3.63, 3.8) is 0 Å². The summed E-state index contributed by atoms with van der Waals surface area (Å²) in [5, 5.41) is 6.71. The summed E-state index contributed by atoms with van der Waals surface area (Å²) in [5.74, 6) is -2.23. The number of aromatic nitrogens is 2. The zero-order valence-electron chi connectivity index (χ0n) is 16.6. The first-order valence-electron chi connectivity index (χ1n) is 9.31. The average molecular weight is 430 g/mol. The molecule has 0 radical (unpaired) electrons. The third-order valence-corrected chi connectivity index (χ3v) is 5.09. The number of benzene rings is 2. The van der Waals surface area contributed by atoms with E-state index in [-0.39, 0.29) is 23.6 Å². The van der Waals surface area contributed by atoms with E-state index in [4.69, 9.17) is 4.42 Å². The van der Waals surface area contributed by atoms with Gasteiger partial charge in [-0.1, -0.05) is 24.3 Å². The standard InChI is InChI=1S/C21H17F3N4O3/c1-21(2)19(29)28(14-6-4-3-5-7-14)20(30)27(21)11-13-9-8-12(10-15(13)22)17-25-26-18(31-17)16(23)24/h3-10,16H,11H2,1-2H3. The Hall–Kier alpha value is -3.69. The van der Waals surface area contributed by atoms with Crippen LogP contribution in [0, 0.1) is 5.82 Å². The van der Waals surface area contributed by atoms with Crippen LogP contribution in [0.1, 0.15) is 31.7 Å². The molecule has 1 saturated heterocycles. The van der Waals surface area contributed by atoms with Crippen LogP contribution in [0.4, 0.5) is 23.7 Å². The molecule has 3 amide bonds. The van der Waals surface area contributed by atoms with Crippen molar-refractivity contribution in [2.45, 2.75) is 32.4 Å². The quantitative estimate of drug-likeness (QED) is 0.555. The summed E-state index contributed by atoms with van der Waals surface area (Å²) < 4.78 is 44.9. The van der Waals surface area contributed by atoms with E-state index < -0.39 is 35.6 Å². The molecule has 0 aliphatic carbocycles. The van der Waals surface area contributed by atoms with Crippen LogP contribution in [-0.2, 0) is 11.3 Å². The molecule has 0 spiro atoms. The average Bonchev–Trinajstić information content (AvgIpc) is 3.29. The molecular formula is C21H17F3N4O3. The fourth-order valence-electron chi connectivity index (χ4n) is 3.32. The molecule has 0 N–H and O–H groups in total. The minimum Gasteiger partial charge on any atom is -0.415 e. The zero-order valence-corrected chi connectivity index (χ0v) is 16.6. The lowest BCUT2D eigenvalue weighted by molar-refractivity contribution is -0.123. The summed E-state index contributed by atoms with van der Waals surface area (Å²) in [6.07, 6.45) is -2.93. The van der Waals surface area contributed by atoms with Crippen molar-refractivity contribution in [3.05, 3.63) is 65.8 Å². The molecule has 160 valence electrons. The summed E-state index contributed by atoms with van der Waals surface area (Å²) in [5.41, 5.74) is -0.511. The first kappa shape index (κ1) is 20.6. The second-order valence-corrected chi connectivity index (χ2v) is 7.46. The Morgan fingerprint density at radius 2 is 1.77 bits per heavy atom. The molecule has 4 rings (SSSR count). The predicted molar refractivity (Wildman–Crippen MR) is 104 cm³/mol. The fraction of sp³-hybridized carbons (Fsp3) is 0.238. The number of hydrogen-bond donors (Lipinski definition) is 0. The number of nitrogens with zero attached hydrogens (tertiary/aromatic N) is 4. The second-order valence-electron chi connectivity index (χ2n) is 7.46. The molecule has 1 aliphatic heterocycles. The lowest BCUT2D eigenvalue weighted by Crippen LogP contribution is -2.43. The second kappa shape index (κ2) is 7.53. The van der Waals surface area contributed by atoms with E-state index in [0.717, 1.165) is 11.0 Å². The maximum atomic E-state index is 14.8. The third kappa shape index (κ3) is 3.54. The van der Waals surface area contributed by atoms with Crippen molar-refractivity contribution >= 4 is 17.6 Å². The molecule has 0 unspecified atom stereocenters. The van der Waals surface area contributed by atoms with E-state index in [0.29, 0.717) is 5.69 Å². The number of carbonyl (C=O) groups excluding carboxylic acids is 2. The van der Waals surface area contributed by atoms with Crippen molar-refractivity contribution in [2.75, 3.05) is 4.90 Å². The van der Waals surface area contributed by atoms with Gasteiger partial charge in [0.25, 0.3) is 11.8 Å². The first-order chi connectivity index (χ1) is 14.7. The summed E-state index contributed by atoms with van der Waals surface area (Å²) in [4.78, 5) is 28.3. The maximum Gasteiger partial charge on any atom is 0.332 e. The number of alkyl halides is 2. The number of carbonyl (C=O) groups is 2. The Kier molecular flexibility index (Phi) is 5.00. The van der Waals surface area contributed by atoms with Gasteiger partial charge >= 0.3 is 12.5 Å². The van der Waals surface area contributed by atoms with Gasteiger partial charge < -0.3 is 9.32 Å². The highest BCUT2D eigenvalue weighted by atomic mass is 19.3. The van der Waals surface area contributed by atoms with Crippen LogP contribution in [0.5, 0.6) is 0 Å². The van der Waals surface area contributed by atoms with Crippen LogP contribution in [-0.4, -0.2) is 32.6 Å². The predicted octanol–water partition coefficient (Wildman–Crippen LogP) is 4.56. The van der Waals surface area contributed by atoms with Gasteiger partial charge in [-0.2, -0.15) is 8.78 Å². The van der Waals surface area contributed by atoms with Crippen LogP contribution >= 0.6 is 0 Å². The smallest absolute Gasteiger partial charge is 0.332 e. The number of anilines is 1. The van der Waals surface area contributed by atoms with Crippen LogP contribution in [0.2, 0.25) is 0 Å². The number of halogens is 3. The largest absolute Gasteiger partial charge is 0.415 e. The summed E-state index contributed by atoms with van der Waals surface area (Å²) in [7, 11) is 0. The molecule has 31 heavy (non-hydrogen) atoms. The number of rotatable bonds is 5. The van der Waals surface area contributed by atoms with Crippen LogP contribution in [0.3, 0.4) is 0 Å². The Morgan fingerprint density at radius 3 is 2.39 bits per heavy atom. The van der Waals surface area contributed by atoms with Gasteiger partial charge in [0.05, 0.1) is 12.2 Å². The highest BCUT2D eigenvalue weighted by Gasteiger charge is 2.51. The summed E-state index contributed by atoms with van der Waals surface area (Å²) in [6.45, 7) is 3.01. The molecule has 0 atom stereocenters. The first-order valence-corrected chi connectivity index (χ1v) is 9.31. The van der Waals surface area contributed by atoms with Gasteiger partial charge in [-0.25, -0.2) is 14.1 Å². The molecule has 7 nitrogen and oxygen atoms in total. The third-order valence-electron chi connectivity index (χ3n) is 5.09. The molecule has 1 fully saturated rings. The monoisotopic (exact) mass is 430 g/mol. The van der Waals surface area contributed by atoms with Crippen molar-refractivity contribution in [1.82, 2.24) is 15.1 Å². The molecular weight excluding hydrogens is 413 g/mol. The van der Waals surface area contributed by atoms with Crippen LogP contribution in [0.15, 0.2) is 52.9 Å². The normalized spacial score (nSPS) is 15.9. The lowest BCUT2D eigenvalue weighted by atomic mass is 10.0. The highest BCUT2D eigenvalue weighted by molar-refractivity contribution is 6.22. The van der Waals surface area contributed by atoms with Crippen molar-refractivity contribution in [1.29, 1.82) is 0 Å². The van der Waals surface area contributed by atoms with Crippen molar-refractivity contribution in [3.8, 4) is 11.5 Å². The van der Waals surface area contributed by atoms with Gasteiger partial charge in [0.1, 0.15) is 11.4 Å². The molecule has 10 heteroatoms. The Morgan fingerprint density at radius 1 is 1.06 bits per heavy atom. The molecule has 0 bridgehead atoms. The maximum absolute atomic E-state index is 14.8. The summed E-state index contributed by atoms with van der Waals surface area (Å²) >= 11 is 0. The number of amides is 3. The molecule has 0 saturated carbocycles. The molecule has 2 aromatic carbocycles. The van der Waals surface area contributed by atoms with E-state index in [2.05, 4.69) is 10.2 Å². The lowest BCUT2D eigenvalue weighted by Gasteiger charge is -2.27. The number of imide groups is 1. The van der Waals surface area contributed by atoms with Gasteiger partial charge in [-0.05, 0) is 38.1 Å². The number of urea groups is 1. The zero-order chi connectivity index (χ0) is 22.3. The highest BCUT2D eigenvalue weighted by Crippen LogP contribution is 2.34. The SMILES string of the molecule is CC1(C)C(=O)N(c2ccccc2)C(=O)N1Cc1ccc(-c2nnc(C(F)F)o2)cc1F. The van der Waals surface area contributed by atoms with Gasteiger partial charge in [0.15, 0.2) is 0 Å². The van der Waals surface area contributed by atoms with E-state index >= 15 is 0 Å². The van der Waals surface area contributed by atoms with E-state index in [9.17, 15) is 22.8 Å². The molecule has 1 aromatic heterocycles. The Bertz CT molecular complexity index is 1150. The number of hydrogen-bond acceptors (Lipinski definition) is 5. The van der Waals surface area contributed by atoms with E-state index in [1.165, 1.54) is 17.0 Å². The van der Waals surface area contributed by atoms with Crippen LogP contribution < -0.4 is 4.90 Å². The minimum atomic E-state index is -2.93. The summed E-state index contributed by atoms with van der Waals surface area (Å²) in [6, 6.07) is 11.8. The van der Waals surface area contributed by atoms with E-state index in [1.807, 2.05) is 0 Å². The minimum absolute atomic E-state index is 0.120. The Labute approximate surface area is 175 Å². The Balaban J connectivity index is 1.61. The number of para-hydroxylation sites is 1. The van der Waals surface area contributed by atoms with Gasteiger partial charge in [-0.3, -0.25) is 4.79 Å². The van der Waals surface area contributed by atoms with E-state index in [1.54, 1.807) is 44.2 Å². The van der Waals surface area contributed by atoms with Crippen LogP contribution in [0.25, 0.3) is 11.5 Å². The molecule has 3 aromatic rings. The van der Waals surface area contributed by atoms with Gasteiger partial charge in [0.2, 0.25) is 5.89 Å². The van der Waals surface area contributed by atoms with Crippen molar-refractivity contribution in [2.24, 2.45) is 0 Å². The topological polar surface area (TPSA) is 79.5 Å². The molecule has 1 aliphatic rings. The van der Waals surface area contributed by atoms with Gasteiger partial charge in [0, 0.05) is 11.1 Å². The van der Waals surface area contributed by atoms with Gasteiger partial charge in [-0.15, -0.1) is 10.2 Å². The fourth-order valence-corrected chi connectivity index (χ4v) is 3.32. The molecule has 2 heterocycles. The van der Waals surface area contributed by atoms with Crippen molar-refractivity contribution < 1.29 is 27.2 Å².